The highest BCUT2D eigenvalue weighted by Crippen LogP contribution is 2.37. The summed E-state index contributed by atoms with van der Waals surface area (Å²) in [5, 5.41) is 12.9. The van der Waals surface area contributed by atoms with E-state index < -0.39 is 0 Å². The lowest BCUT2D eigenvalue weighted by molar-refractivity contribution is -0.118. The molecule has 0 aromatic carbocycles. The number of aromatic amines is 1. The highest BCUT2D eigenvalue weighted by atomic mass is 32.1. The van der Waals surface area contributed by atoms with Crippen LogP contribution in [-0.2, 0) is 9.53 Å². The van der Waals surface area contributed by atoms with Crippen molar-refractivity contribution in [3.05, 3.63) is 24.0 Å². The Hall–Kier alpha value is -2.85. The van der Waals surface area contributed by atoms with Crippen LogP contribution in [0.3, 0.4) is 0 Å². The second-order valence-electron chi connectivity index (χ2n) is 7.09. The van der Waals surface area contributed by atoms with Gasteiger partial charge >= 0.3 is 0 Å². The Kier molecular flexibility index (Phi) is 4.72. The number of ether oxygens (including phenoxy) is 1. The summed E-state index contributed by atoms with van der Waals surface area (Å²) in [6.45, 7) is 3.42. The molecule has 9 nitrogen and oxygen atoms in total. The summed E-state index contributed by atoms with van der Waals surface area (Å²) in [6.07, 6.45) is 7.62. The van der Waals surface area contributed by atoms with Crippen LogP contribution in [0.2, 0.25) is 0 Å². The molecule has 2 aliphatic rings. The van der Waals surface area contributed by atoms with Crippen molar-refractivity contribution in [1.82, 2.24) is 25.1 Å². The van der Waals surface area contributed by atoms with Crippen LogP contribution >= 0.6 is 11.3 Å². The minimum Gasteiger partial charge on any atom is -0.381 e. The monoisotopic (exact) mass is 411 g/mol. The minimum atomic E-state index is -0.254. The molecule has 1 atom stereocenters. The van der Waals surface area contributed by atoms with E-state index >= 15 is 0 Å². The molecule has 0 bridgehead atoms. The molecule has 5 rings (SSSR count). The first-order valence-electron chi connectivity index (χ1n) is 9.74. The molecule has 3 aromatic heterocycles. The smallest absolute Gasteiger partial charge is 0.247 e. The summed E-state index contributed by atoms with van der Waals surface area (Å²) < 4.78 is 5.54. The molecule has 0 radical (unpaired) electrons. The van der Waals surface area contributed by atoms with Gasteiger partial charge in [-0.05, 0) is 19.3 Å². The van der Waals surface area contributed by atoms with E-state index in [1.165, 1.54) is 11.3 Å². The van der Waals surface area contributed by atoms with Gasteiger partial charge in [-0.2, -0.15) is 5.10 Å². The zero-order valence-corrected chi connectivity index (χ0v) is 16.8. The standard InChI is InChI=1S/C19H21N7O2S/c1-2-14-18(27)23-13-10-21-16(12-9-22-25-15(12)19-20-5-8-29-19)24-17(13)26(14)11-3-6-28-7-4-11/h5,8-11,14H,2-4,6-7H2,1H3,(H,22,25)(H,23,27). The maximum Gasteiger partial charge on any atom is 0.247 e. The average molecular weight is 411 g/mol. The first-order chi connectivity index (χ1) is 14.3. The maximum absolute atomic E-state index is 12.7. The molecule has 29 heavy (non-hydrogen) atoms. The Morgan fingerprint density at radius 2 is 2.14 bits per heavy atom. The number of nitrogens with zero attached hydrogens (tertiary/aromatic N) is 5. The van der Waals surface area contributed by atoms with Crippen molar-refractivity contribution in [3.63, 3.8) is 0 Å². The van der Waals surface area contributed by atoms with Crippen LogP contribution in [0.5, 0.6) is 0 Å². The van der Waals surface area contributed by atoms with Gasteiger partial charge in [0.25, 0.3) is 0 Å². The third kappa shape index (κ3) is 3.18. The lowest BCUT2D eigenvalue weighted by Crippen LogP contribution is -2.54. The number of aromatic nitrogens is 5. The van der Waals surface area contributed by atoms with Crippen molar-refractivity contribution in [1.29, 1.82) is 0 Å². The number of nitrogens with one attached hydrogen (secondary N) is 2. The van der Waals surface area contributed by atoms with Crippen LogP contribution in [-0.4, -0.2) is 56.4 Å². The summed E-state index contributed by atoms with van der Waals surface area (Å²) in [5.41, 5.74) is 2.23. The minimum absolute atomic E-state index is 0.00497. The lowest BCUT2D eigenvalue weighted by Gasteiger charge is -2.43. The Morgan fingerprint density at radius 1 is 1.28 bits per heavy atom. The fourth-order valence-corrected chi connectivity index (χ4v) is 4.66. The van der Waals surface area contributed by atoms with Gasteiger partial charge in [0.2, 0.25) is 5.91 Å². The number of H-pyrrole nitrogens is 1. The molecule has 1 fully saturated rings. The first-order valence-corrected chi connectivity index (χ1v) is 10.6. The van der Waals surface area contributed by atoms with Gasteiger partial charge in [-0.1, -0.05) is 6.92 Å². The summed E-state index contributed by atoms with van der Waals surface area (Å²) in [4.78, 5) is 28.6. The summed E-state index contributed by atoms with van der Waals surface area (Å²) >= 11 is 1.53. The molecule has 1 saturated heterocycles. The Labute approximate surface area is 171 Å². The van der Waals surface area contributed by atoms with E-state index in [4.69, 9.17) is 9.72 Å². The fraction of sp³-hybridized carbons (Fsp3) is 0.421. The molecule has 2 aliphatic heterocycles. The number of thiazole rings is 1. The number of hydrogen-bond acceptors (Lipinski definition) is 8. The van der Waals surface area contributed by atoms with Crippen molar-refractivity contribution in [2.75, 3.05) is 23.4 Å². The molecule has 10 heteroatoms. The summed E-state index contributed by atoms with van der Waals surface area (Å²) in [7, 11) is 0. The highest BCUT2D eigenvalue weighted by molar-refractivity contribution is 7.13. The molecule has 0 saturated carbocycles. The fourth-order valence-electron chi connectivity index (χ4n) is 4.02. The Balaban J connectivity index is 1.59. The van der Waals surface area contributed by atoms with Gasteiger partial charge in [0.15, 0.2) is 11.6 Å². The van der Waals surface area contributed by atoms with Crippen LogP contribution in [0, 0.1) is 0 Å². The summed E-state index contributed by atoms with van der Waals surface area (Å²) in [6, 6.07) is -0.0415. The zero-order valence-electron chi connectivity index (χ0n) is 16.0. The summed E-state index contributed by atoms with van der Waals surface area (Å²) in [5.74, 6) is 1.32. The SMILES string of the molecule is CCC1C(=O)Nc2cnc(-c3cn[nH]c3-c3nccs3)nc2N1C1CCOCC1. The van der Waals surface area contributed by atoms with Crippen LogP contribution in [0.15, 0.2) is 24.0 Å². The molecule has 2 N–H and O–H groups in total. The van der Waals surface area contributed by atoms with Crippen LogP contribution in [0.1, 0.15) is 26.2 Å². The average Bonchev–Trinajstić information content (AvgIpc) is 3.44. The van der Waals surface area contributed by atoms with Gasteiger partial charge in [0, 0.05) is 30.8 Å². The van der Waals surface area contributed by atoms with E-state index in [9.17, 15) is 4.79 Å². The van der Waals surface area contributed by atoms with Crippen molar-refractivity contribution in [3.8, 4) is 22.1 Å². The van der Waals surface area contributed by atoms with Crippen molar-refractivity contribution in [2.45, 2.75) is 38.3 Å². The van der Waals surface area contributed by atoms with E-state index in [2.05, 4.69) is 30.4 Å². The number of rotatable bonds is 4. The van der Waals surface area contributed by atoms with E-state index in [0.717, 1.165) is 34.9 Å². The van der Waals surface area contributed by atoms with Gasteiger partial charge in [0.1, 0.15) is 22.4 Å². The van der Waals surface area contributed by atoms with Crippen molar-refractivity contribution < 1.29 is 9.53 Å². The number of hydrogen-bond donors (Lipinski definition) is 2. The van der Waals surface area contributed by atoms with Gasteiger partial charge < -0.3 is 15.0 Å². The third-order valence-electron chi connectivity index (χ3n) is 5.41. The normalized spacial score (nSPS) is 19.8. The number of fused-ring (bicyclic) bond motifs is 1. The number of anilines is 2. The van der Waals surface area contributed by atoms with E-state index in [0.29, 0.717) is 31.1 Å². The number of carbonyl (C=O) groups is 1. The molecular weight excluding hydrogens is 390 g/mol. The Morgan fingerprint density at radius 3 is 2.90 bits per heavy atom. The predicted octanol–water partition coefficient (Wildman–Crippen LogP) is 2.71. The van der Waals surface area contributed by atoms with Gasteiger partial charge in [-0.25, -0.2) is 15.0 Å². The van der Waals surface area contributed by atoms with E-state index in [-0.39, 0.29) is 18.0 Å². The molecule has 0 spiro atoms. The number of carbonyl (C=O) groups excluding carboxylic acids is 1. The van der Waals surface area contributed by atoms with E-state index in [1.807, 2.05) is 12.3 Å². The maximum atomic E-state index is 12.7. The molecule has 150 valence electrons. The van der Waals surface area contributed by atoms with Crippen molar-refractivity contribution in [2.24, 2.45) is 0 Å². The quantitative estimate of drug-likeness (QED) is 0.679. The van der Waals surface area contributed by atoms with Crippen LogP contribution < -0.4 is 10.2 Å². The van der Waals surface area contributed by atoms with Crippen LogP contribution in [0.25, 0.3) is 22.1 Å². The predicted molar refractivity (Wildman–Crippen MR) is 110 cm³/mol. The molecule has 1 amide bonds. The number of amides is 1. The zero-order chi connectivity index (χ0) is 19.8. The van der Waals surface area contributed by atoms with E-state index in [1.54, 1.807) is 18.6 Å². The van der Waals surface area contributed by atoms with Gasteiger partial charge in [-0.3, -0.25) is 9.89 Å². The first kappa shape index (κ1) is 18.2. The Bertz CT molecular complexity index is 1010. The molecule has 3 aromatic rings. The van der Waals surface area contributed by atoms with Gasteiger partial charge in [-0.15, -0.1) is 11.3 Å². The third-order valence-corrected chi connectivity index (χ3v) is 6.20. The second kappa shape index (κ2) is 7.53. The molecule has 5 heterocycles. The molecular formula is C19H21N7O2S. The largest absolute Gasteiger partial charge is 0.381 e. The topological polar surface area (TPSA) is 109 Å². The van der Waals surface area contributed by atoms with Crippen LogP contribution in [0.4, 0.5) is 11.5 Å². The molecule has 1 unspecified atom stereocenters. The molecule has 0 aliphatic carbocycles. The second-order valence-corrected chi connectivity index (χ2v) is 7.99. The lowest BCUT2D eigenvalue weighted by atomic mass is 10.0. The van der Waals surface area contributed by atoms with Crippen molar-refractivity contribution >= 4 is 28.7 Å². The van der Waals surface area contributed by atoms with Gasteiger partial charge in [0.05, 0.1) is 18.0 Å². The highest BCUT2D eigenvalue weighted by Gasteiger charge is 2.38.